The Kier molecular flexibility index (Phi) is 8.12. The molecule has 0 bridgehead atoms. The second-order valence-electron chi connectivity index (χ2n) is 5.29. The van der Waals surface area contributed by atoms with Crippen LogP contribution in [0, 0.1) is 5.92 Å². The Hall–Kier alpha value is -1.01. The molecule has 1 aromatic carbocycles. The number of benzene rings is 1. The van der Waals surface area contributed by atoms with E-state index in [0.29, 0.717) is 35.4 Å². The Morgan fingerprint density at radius 3 is 2.61 bits per heavy atom. The molecule has 2 rings (SSSR count). The van der Waals surface area contributed by atoms with Crippen LogP contribution >= 0.6 is 35.6 Å². The van der Waals surface area contributed by atoms with E-state index in [-0.39, 0.29) is 36.7 Å². The maximum atomic E-state index is 12.3. The number of nitrogens with one attached hydrogen (secondary N) is 2. The SMILES string of the molecule is CCCN(CC(=O)Nc1cc(Cl)ccc1Cl)C(=O)C1CNC1.Cl. The highest BCUT2D eigenvalue weighted by molar-refractivity contribution is 6.35. The number of carbonyl (C=O) groups excluding carboxylic acids is 2. The van der Waals surface area contributed by atoms with Crippen LogP contribution in [-0.4, -0.2) is 42.9 Å². The van der Waals surface area contributed by atoms with E-state index in [9.17, 15) is 9.59 Å². The zero-order valence-electron chi connectivity index (χ0n) is 12.8. The molecule has 1 aliphatic heterocycles. The minimum atomic E-state index is -0.279. The van der Waals surface area contributed by atoms with Crippen molar-refractivity contribution in [2.75, 3.05) is 31.5 Å². The lowest BCUT2D eigenvalue weighted by Crippen LogP contribution is -2.53. The van der Waals surface area contributed by atoms with Crippen molar-refractivity contribution in [2.24, 2.45) is 5.92 Å². The molecule has 0 aliphatic carbocycles. The summed E-state index contributed by atoms with van der Waals surface area (Å²) in [6.07, 6.45) is 0.803. The van der Waals surface area contributed by atoms with E-state index in [1.54, 1.807) is 23.1 Å². The number of amides is 2. The Bertz CT molecular complexity index is 565. The number of anilines is 1. The molecule has 0 unspecified atom stereocenters. The van der Waals surface area contributed by atoms with Gasteiger partial charge in [-0.2, -0.15) is 0 Å². The summed E-state index contributed by atoms with van der Waals surface area (Å²) in [5, 5.41) is 6.67. The predicted molar refractivity (Wildman–Crippen MR) is 95.6 cm³/mol. The van der Waals surface area contributed by atoms with Crippen molar-refractivity contribution in [1.82, 2.24) is 10.2 Å². The minimum absolute atomic E-state index is 0. The fourth-order valence-electron chi connectivity index (χ4n) is 2.21. The average Bonchev–Trinajstić information content (AvgIpc) is 2.40. The summed E-state index contributed by atoms with van der Waals surface area (Å²) in [6.45, 7) is 3.92. The van der Waals surface area contributed by atoms with Crippen LogP contribution in [0.5, 0.6) is 0 Å². The van der Waals surface area contributed by atoms with Gasteiger partial charge in [0.15, 0.2) is 0 Å². The van der Waals surface area contributed by atoms with Crippen LogP contribution < -0.4 is 10.6 Å². The minimum Gasteiger partial charge on any atom is -0.333 e. The molecule has 0 saturated carbocycles. The molecular weight excluding hydrogens is 361 g/mol. The van der Waals surface area contributed by atoms with Crippen LogP contribution in [0.2, 0.25) is 10.0 Å². The smallest absolute Gasteiger partial charge is 0.244 e. The molecule has 0 radical (unpaired) electrons. The highest BCUT2D eigenvalue weighted by Crippen LogP contribution is 2.25. The maximum Gasteiger partial charge on any atom is 0.244 e. The van der Waals surface area contributed by atoms with Gasteiger partial charge in [0.1, 0.15) is 0 Å². The van der Waals surface area contributed by atoms with Crippen molar-refractivity contribution in [2.45, 2.75) is 13.3 Å². The van der Waals surface area contributed by atoms with Gasteiger partial charge < -0.3 is 15.5 Å². The van der Waals surface area contributed by atoms with Gasteiger partial charge in [0.2, 0.25) is 11.8 Å². The number of rotatable bonds is 6. The highest BCUT2D eigenvalue weighted by atomic mass is 35.5. The fourth-order valence-corrected chi connectivity index (χ4v) is 2.55. The van der Waals surface area contributed by atoms with Gasteiger partial charge in [0.25, 0.3) is 0 Å². The molecule has 5 nitrogen and oxygen atoms in total. The Morgan fingerprint density at radius 2 is 2.04 bits per heavy atom. The normalized spacial score (nSPS) is 13.7. The van der Waals surface area contributed by atoms with E-state index in [4.69, 9.17) is 23.2 Å². The Morgan fingerprint density at radius 1 is 1.35 bits per heavy atom. The van der Waals surface area contributed by atoms with Crippen molar-refractivity contribution in [1.29, 1.82) is 0 Å². The molecule has 1 fully saturated rings. The maximum absolute atomic E-state index is 12.3. The average molecular weight is 381 g/mol. The lowest BCUT2D eigenvalue weighted by atomic mass is 10.0. The zero-order valence-corrected chi connectivity index (χ0v) is 15.1. The van der Waals surface area contributed by atoms with Gasteiger partial charge in [-0.1, -0.05) is 30.1 Å². The fraction of sp³-hybridized carbons (Fsp3) is 0.467. The van der Waals surface area contributed by atoms with E-state index < -0.39 is 0 Å². The number of hydrogen-bond acceptors (Lipinski definition) is 3. The number of halogens is 3. The van der Waals surface area contributed by atoms with Crippen LogP contribution in [0.25, 0.3) is 0 Å². The second kappa shape index (κ2) is 9.33. The Balaban J connectivity index is 0.00000264. The van der Waals surface area contributed by atoms with Crippen molar-refractivity contribution in [3.8, 4) is 0 Å². The van der Waals surface area contributed by atoms with E-state index in [2.05, 4.69) is 10.6 Å². The molecule has 1 heterocycles. The monoisotopic (exact) mass is 379 g/mol. The molecule has 0 atom stereocenters. The summed E-state index contributed by atoms with van der Waals surface area (Å²) in [5.74, 6) is -0.278. The molecule has 8 heteroatoms. The summed E-state index contributed by atoms with van der Waals surface area (Å²) in [7, 11) is 0. The summed E-state index contributed by atoms with van der Waals surface area (Å²) >= 11 is 11.9. The van der Waals surface area contributed by atoms with Crippen molar-refractivity contribution < 1.29 is 9.59 Å². The van der Waals surface area contributed by atoms with Gasteiger partial charge >= 0.3 is 0 Å². The first kappa shape index (κ1) is 20.0. The van der Waals surface area contributed by atoms with Gasteiger partial charge in [-0.3, -0.25) is 9.59 Å². The van der Waals surface area contributed by atoms with Crippen LogP contribution in [0.3, 0.4) is 0 Å². The van der Waals surface area contributed by atoms with Crippen LogP contribution in [0.1, 0.15) is 13.3 Å². The van der Waals surface area contributed by atoms with E-state index >= 15 is 0 Å². The molecule has 0 aromatic heterocycles. The largest absolute Gasteiger partial charge is 0.333 e. The summed E-state index contributed by atoms with van der Waals surface area (Å²) in [6, 6.07) is 4.86. The molecule has 1 aromatic rings. The first-order valence-corrected chi connectivity index (χ1v) is 8.01. The van der Waals surface area contributed by atoms with E-state index in [0.717, 1.165) is 6.42 Å². The highest BCUT2D eigenvalue weighted by Gasteiger charge is 2.29. The lowest BCUT2D eigenvalue weighted by Gasteiger charge is -2.32. The predicted octanol–water partition coefficient (Wildman–Crippen LogP) is 2.81. The van der Waals surface area contributed by atoms with Gasteiger partial charge in [0, 0.05) is 24.7 Å². The lowest BCUT2D eigenvalue weighted by molar-refractivity contribution is -0.139. The molecule has 23 heavy (non-hydrogen) atoms. The van der Waals surface area contributed by atoms with Crippen molar-refractivity contribution in [3.05, 3.63) is 28.2 Å². The van der Waals surface area contributed by atoms with Gasteiger partial charge in [0.05, 0.1) is 23.2 Å². The second-order valence-corrected chi connectivity index (χ2v) is 6.13. The van der Waals surface area contributed by atoms with Crippen molar-refractivity contribution >= 4 is 53.1 Å². The first-order valence-electron chi connectivity index (χ1n) is 7.25. The third kappa shape index (κ3) is 5.53. The van der Waals surface area contributed by atoms with Gasteiger partial charge in [-0.25, -0.2) is 0 Å². The molecule has 2 N–H and O–H groups in total. The molecule has 1 saturated heterocycles. The van der Waals surface area contributed by atoms with Crippen LogP contribution in [0.15, 0.2) is 18.2 Å². The van der Waals surface area contributed by atoms with Gasteiger partial charge in [-0.05, 0) is 24.6 Å². The topological polar surface area (TPSA) is 61.4 Å². The summed E-state index contributed by atoms with van der Waals surface area (Å²) in [4.78, 5) is 26.1. The Labute approximate surface area is 152 Å². The van der Waals surface area contributed by atoms with Gasteiger partial charge in [-0.15, -0.1) is 12.4 Å². The summed E-state index contributed by atoms with van der Waals surface area (Å²) < 4.78 is 0. The number of hydrogen-bond donors (Lipinski definition) is 2. The van der Waals surface area contributed by atoms with E-state index in [1.807, 2.05) is 6.92 Å². The third-order valence-corrected chi connectivity index (χ3v) is 4.04. The van der Waals surface area contributed by atoms with Crippen molar-refractivity contribution in [3.63, 3.8) is 0 Å². The van der Waals surface area contributed by atoms with Crippen LogP contribution in [-0.2, 0) is 9.59 Å². The number of nitrogens with zero attached hydrogens (tertiary/aromatic N) is 1. The van der Waals surface area contributed by atoms with Crippen LogP contribution in [0.4, 0.5) is 5.69 Å². The quantitative estimate of drug-likeness (QED) is 0.798. The summed E-state index contributed by atoms with van der Waals surface area (Å²) in [5.41, 5.74) is 0.452. The molecular formula is C15H20Cl3N3O2. The zero-order chi connectivity index (χ0) is 16.1. The molecule has 1 aliphatic rings. The standard InChI is InChI=1S/C15H19Cl2N3O2.ClH/c1-2-5-20(15(22)10-7-18-8-10)9-14(21)19-13-6-11(16)3-4-12(13)17;/h3-4,6,10,18H,2,5,7-9H2,1H3,(H,19,21);1H. The molecule has 0 spiro atoms. The number of carbonyl (C=O) groups is 2. The first-order chi connectivity index (χ1) is 10.5. The molecule has 128 valence electrons. The third-order valence-electron chi connectivity index (χ3n) is 3.47. The van der Waals surface area contributed by atoms with E-state index in [1.165, 1.54) is 0 Å². The molecule has 2 amide bonds.